The zero-order valence-electron chi connectivity index (χ0n) is 11.8. The van der Waals surface area contributed by atoms with Crippen LogP contribution in [0.25, 0.3) is 0 Å². The summed E-state index contributed by atoms with van der Waals surface area (Å²) in [5, 5.41) is 7.83. The molecule has 0 fully saturated rings. The second-order valence-corrected chi connectivity index (χ2v) is 4.93. The van der Waals surface area contributed by atoms with Crippen LogP contribution in [0.15, 0.2) is 24.4 Å². The van der Waals surface area contributed by atoms with E-state index in [1.165, 1.54) is 22.3 Å². The van der Waals surface area contributed by atoms with Crippen LogP contribution in [0.4, 0.5) is 0 Å². The molecule has 1 aromatic heterocycles. The van der Waals surface area contributed by atoms with Crippen LogP contribution in [0.1, 0.15) is 34.0 Å². The summed E-state index contributed by atoms with van der Waals surface area (Å²) in [4.78, 5) is 0. The van der Waals surface area contributed by atoms with Gasteiger partial charge in [0.15, 0.2) is 0 Å². The molecular weight excluding hydrogens is 222 g/mol. The maximum atomic E-state index is 4.43. The molecule has 1 atom stereocenters. The molecule has 0 bridgehead atoms. The van der Waals surface area contributed by atoms with Crippen molar-refractivity contribution in [2.24, 2.45) is 7.05 Å². The Hall–Kier alpha value is -1.61. The quantitative estimate of drug-likeness (QED) is 0.898. The lowest BCUT2D eigenvalue weighted by molar-refractivity contribution is 0.682. The first kappa shape index (κ1) is 12.8. The molecule has 0 aliphatic carbocycles. The maximum absolute atomic E-state index is 4.43. The van der Waals surface area contributed by atoms with Gasteiger partial charge in [-0.1, -0.05) is 23.8 Å². The van der Waals surface area contributed by atoms with Crippen molar-refractivity contribution in [3.05, 3.63) is 52.3 Å². The minimum absolute atomic E-state index is 0.208. The molecule has 2 aromatic rings. The first-order valence-corrected chi connectivity index (χ1v) is 6.27. The summed E-state index contributed by atoms with van der Waals surface area (Å²) in [5.41, 5.74) is 6.26. The van der Waals surface area contributed by atoms with Crippen molar-refractivity contribution < 1.29 is 0 Å². The van der Waals surface area contributed by atoms with E-state index in [9.17, 15) is 0 Å². The lowest BCUT2D eigenvalue weighted by Gasteiger charge is -2.19. The van der Waals surface area contributed by atoms with Crippen LogP contribution in [-0.4, -0.2) is 16.8 Å². The van der Waals surface area contributed by atoms with E-state index in [4.69, 9.17) is 0 Å². The van der Waals surface area contributed by atoms with Crippen LogP contribution in [0.2, 0.25) is 0 Å². The first-order valence-electron chi connectivity index (χ1n) is 6.27. The fourth-order valence-electron chi connectivity index (χ4n) is 2.53. The number of benzene rings is 1. The zero-order valence-corrected chi connectivity index (χ0v) is 11.8. The Bertz CT molecular complexity index is 555. The van der Waals surface area contributed by atoms with E-state index in [0.29, 0.717) is 0 Å². The molecule has 18 heavy (non-hydrogen) atoms. The van der Waals surface area contributed by atoms with E-state index in [1.54, 1.807) is 0 Å². The smallest absolute Gasteiger partial charge is 0.0644 e. The molecule has 3 heteroatoms. The molecule has 0 spiro atoms. The van der Waals surface area contributed by atoms with E-state index >= 15 is 0 Å². The highest BCUT2D eigenvalue weighted by atomic mass is 15.3. The SMILES string of the molecule is CNC(c1ccc(C)cc1C)c1cn(C)nc1C. The molecule has 96 valence electrons. The van der Waals surface area contributed by atoms with Gasteiger partial charge in [0.05, 0.1) is 11.7 Å². The number of aromatic nitrogens is 2. The summed E-state index contributed by atoms with van der Waals surface area (Å²) in [6, 6.07) is 6.81. The Morgan fingerprint density at radius 2 is 1.89 bits per heavy atom. The summed E-state index contributed by atoms with van der Waals surface area (Å²) < 4.78 is 1.87. The van der Waals surface area contributed by atoms with Gasteiger partial charge in [0.25, 0.3) is 0 Å². The average Bonchev–Trinajstić information content (AvgIpc) is 2.62. The van der Waals surface area contributed by atoms with Crippen molar-refractivity contribution in [1.82, 2.24) is 15.1 Å². The zero-order chi connectivity index (χ0) is 13.3. The summed E-state index contributed by atoms with van der Waals surface area (Å²) in [6.45, 7) is 6.35. The third-order valence-corrected chi connectivity index (χ3v) is 3.39. The number of nitrogens with zero attached hydrogens (tertiary/aromatic N) is 2. The molecule has 1 unspecified atom stereocenters. The second-order valence-electron chi connectivity index (χ2n) is 4.93. The predicted octanol–water partition coefficient (Wildman–Crippen LogP) is 2.65. The Morgan fingerprint density at radius 1 is 1.17 bits per heavy atom. The standard InChI is InChI=1S/C15H21N3/c1-10-6-7-13(11(2)8-10)15(16-4)14-9-18(5)17-12(14)3/h6-9,15-16H,1-5H3. The van der Waals surface area contributed by atoms with Gasteiger partial charge >= 0.3 is 0 Å². The Kier molecular flexibility index (Phi) is 3.53. The summed E-state index contributed by atoms with van der Waals surface area (Å²) in [5.74, 6) is 0. The molecule has 0 aliphatic rings. The number of nitrogens with one attached hydrogen (secondary N) is 1. The average molecular weight is 243 g/mol. The molecule has 0 aliphatic heterocycles. The van der Waals surface area contributed by atoms with Crippen molar-refractivity contribution in [3.8, 4) is 0 Å². The Morgan fingerprint density at radius 3 is 2.39 bits per heavy atom. The summed E-state index contributed by atoms with van der Waals surface area (Å²) in [6.07, 6.45) is 2.09. The molecule has 2 rings (SSSR count). The van der Waals surface area contributed by atoms with Crippen LogP contribution in [0.5, 0.6) is 0 Å². The van der Waals surface area contributed by atoms with Crippen LogP contribution in [0.3, 0.4) is 0 Å². The topological polar surface area (TPSA) is 29.9 Å². The van der Waals surface area contributed by atoms with Gasteiger partial charge in [0.2, 0.25) is 0 Å². The summed E-state index contributed by atoms with van der Waals surface area (Å²) >= 11 is 0. The molecule has 0 saturated heterocycles. The minimum Gasteiger partial charge on any atom is -0.309 e. The number of aryl methyl sites for hydroxylation is 4. The molecule has 1 aromatic carbocycles. The van der Waals surface area contributed by atoms with E-state index in [0.717, 1.165) is 5.69 Å². The van der Waals surface area contributed by atoms with Crippen molar-refractivity contribution >= 4 is 0 Å². The second kappa shape index (κ2) is 4.94. The highest BCUT2D eigenvalue weighted by Crippen LogP contribution is 2.26. The molecule has 1 heterocycles. The van der Waals surface area contributed by atoms with Gasteiger partial charge in [0, 0.05) is 18.8 Å². The Balaban J connectivity index is 2.48. The third-order valence-electron chi connectivity index (χ3n) is 3.39. The first-order chi connectivity index (χ1) is 8.52. The van der Waals surface area contributed by atoms with Crippen LogP contribution < -0.4 is 5.32 Å². The Labute approximate surface area is 109 Å². The van der Waals surface area contributed by atoms with Gasteiger partial charge in [-0.25, -0.2) is 0 Å². The lowest BCUT2D eigenvalue weighted by Crippen LogP contribution is -2.19. The van der Waals surface area contributed by atoms with Gasteiger partial charge < -0.3 is 5.32 Å². The van der Waals surface area contributed by atoms with Crippen molar-refractivity contribution in [2.45, 2.75) is 26.8 Å². The molecule has 0 saturated carbocycles. The van der Waals surface area contributed by atoms with Gasteiger partial charge in [-0.05, 0) is 38.9 Å². The highest BCUT2D eigenvalue weighted by molar-refractivity contribution is 5.39. The van der Waals surface area contributed by atoms with Crippen molar-refractivity contribution in [1.29, 1.82) is 0 Å². The van der Waals surface area contributed by atoms with E-state index in [2.05, 4.69) is 55.6 Å². The van der Waals surface area contributed by atoms with Gasteiger partial charge in [-0.15, -0.1) is 0 Å². The fraction of sp³-hybridized carbons (Fsp3) is 0.400. The van der Waals surface area contributed by atoms with Crippen LogP contribution >= 0.6 is 0 Å². The number of hydrogen-bond donors (Lipinski definition) is 1. The third kappa shape index (κ3) is 2.31. The van der Waals surface area contributed by atoms with Gasteiger partial charge in [0.1, 0.15) is 0 Å². The lowest BCUT2D eigenvalue weighted by atomic mass is 9.94. The normalized spacial score (nSPS) is 12.7. The largest absolute Gasteiger partial charge is 0.309 e. The highest BCUT2D eigenvalue weighted by Gasteiger charge is 2.18. The van der Waals surface area contributed by atoms with Crippen LogP contribution in [0, 0.1) is 20.8 Å². The minimum atomic E-state index is 0.208. The van der Waals surface area contributed by atoms with E-state index in [-0.39, 0.29) is 6.04 Å². The number of rotatable bonds is 3. The van der Waals surface area contributed by atoms with Crippen molar-refractivity contribution in [2.75, 3.05) is 7.05 Å². The molecule has 0 radical (unpaired) electrons. The molecule has 1 N–H and O–H groups in total. The van der Waals surface area contributed by atoms with Crippen LogP contribution in [-0.2, 0) is 7.05 Å². The van der Waals surface area contributed by atoms with E-state index < -0.39 is 0 Å². The van der Waals surface area contributed by atoms with Gasteiger partial charge in [-0.2, -0.15) is 5.10 Å². The molecule has 0 amide bonds. The van der Waals surface area contributed by atoms with E-state index in [1.807, 2.05) is 18.8 Å². The molecule has 3 nitrogen and oxygen atoms in total. The fourth-order valence-corrected chi connectivity index (χ4v) is 2.53. The van der Waals surface area contributed by atoms with Gasteiger partial charge in [-0.3, -0.25) is 4.68 Å². The molecular formula is C15H21N3. The number of hydrogen-bond acceptors (Lipinski definition) is 2. The monoisotopic (exact) mass is 243 g/mol. The summed E-state index contributed by atoms with van der Waals surface area (Å²) in [7, 11) is 3.96. The predicted molar refractivity (Wildman–Crippen MR) is 74.8 cm³/mol. The maximum Gasteiger partial charge on any atom is 0.0644 e. The van der Waals surface area contributed by atoms with Crippen molar-refractivity contribution in [3.63, 3.8) is 0 Å².